The quantitative estimate of drug-likeness (QED) is 0.801. The second kappa shape index (κ2) is 3.20. The molecule has 5 heteroatoms. The van der Waals surface area contributed by atoms with Crippen molar-refractivity contribution in [1.29, 1.82) is 0 Å². The minimum atomic E-state index is 0.371. The first kappa shape index (κ1) is 8.84. The highest BCUT2D eigenvalue weighted by atomic mass is 79.9. The molecule has 1 N–H and O–H groups in total. The fourth-order valence-corrected chi connectivity index (χ4v) is 1.75. The molecule has 0 radical (unpaired) electrons. The van der Waals surface area contributed by atoms with Crippen LogP contribution >= 0.6 is 27.5 Å². The number of nitrogens with zero attached hydrogens (tertiary/aromatic N) is 1. The largest absolute Gasteiger partial charge is 0.493 e. The highest BCUT2D eigenvalue weighted by Gasteiger charge is 2.08. The summed E-state index contributed by atoms with van der Waals surface area (Å²) in [7, 11) is 1.56. The molecule has 0 aliphatic carbocycles. The summed E-state index contributed by atoms with van der Waals surface area (Å²) in [4.78, 5) is 7.21. The van der Waals surface area contributed by atoms with Crippen LogP contribution in [0.4, 0.5) is 0 Å². The number of ether oxygens (including phenoxy) is 1. The van der Waals surface area contributed by atoms with Gasteiger partial charge in [-0.2, -0.15) is 0 Å². The van der Waals surface area contributed by atoms with Gasteiger partial charge in [0.15, 0.2) is 10.9 Å². The molecular formula is C8H6BrClN2O. The van der Waals surface area contributed by atoms with E-state index in [4.69, 9.17) is 16.3 Å². The summed E-state index contributed by atoms with van der Waals surface area (Å²) in [5.41, 5.74) is 1.71. The topological polar surface area (TPSA) is 37.9 Å². The van der Waals surface area contributed by atoms with E-state index in [1.54, 1.807) is 7.11 Å². The van der Waals surface area contributed by atoms with E-state index in [9.17, 15) is 0 Å². The molecular weight excluding hydrogens is 255 g/mol. The first-order chi connectivity index (χ1) is 6.22. The van der Waals surface area contributed by atoms with Crippen LogP contribution in [0.3, 0.4) is 0 Å². The van der Waals surface area contributed by atoms with Gasteiger partial charge in [-0.15, -0.1) is 0 Å². The highest BCUT2D eigenvalue weighted by Crippen LogP contribution is 2.29. The molecule has 0 aliphatic rings. The molecule has 0 bridgehead atoms. The van der Waals surface area contributed by atoms with E-state index in [-0.39, 0.29) is 0 Å². The van der Waals surface area contributed by atoms with Crippen LogP contribution in [-0.4, -0.2) is 17.1 Å². The fraction of sp³-hybridized carbons (Fsp3) is 0.125. The van der Waals surface area contributed by atoms with Crippen molar-refractivity contribution in [1.82, 2.24) is 9.97 Å². The molecule has 0 fully saturated rings. The Morgan fingerprint density at radius 2 is 2.38 bits per heavy atom. The number of aromatic nitrogens is 2. The number of H-pyrrole nitrogens is 1. The van der Waals surface area contributed by atoms with Crippen LogP contribution in [0.2, 0.25) is 5.15 Å². The molecule has 68 valence electrons. The SMILES string of the molecule is COc1cc2[nH]cc(Br)c2nc1Cl. The van der Waals surface area contributed by atoms with Crippen LogP contribution in [0.5, 0.6) is 5.75 Å². The van der Waals surface area contributed by atoms with Crippen LogP contribution in [-0.2, 0) is 0 Å². The summed E-state index contributed by atoms with van der Waals surface area (Å²) in [5, 5.41) is 0.371. The normalized spacial score (nSPS) is 10.7. The van der Waals surface area contributed by atoms with Crippen LogP contribution in [0.25, 0.3) is 11.0 Å². The van der Waals surface area contributed by atoms with Gasteiger partial charge in [-0.25, -0.2) is 4.98 Å². The van der Waals surface area contributed by atoms with Gasteiger partial charge in [0.05, 0.1) is 17.1 Å². The summed E-state index contributed by atoms with van der Waals surface area (Å²) in [6.45, 7) is 0. The third-order valence-electron chi connectivity index (χ3n) is 1.74. The molecule has 0 saturated heterocycles. The molecule has 2 rings (SSSR count). The van der Waals surface area contributed by atoms with Crippen LogP contribution < -0.4 is 4.74 Å². The number of halogens is 2. The molecule has 0 saturated carbocycles. The van der Waals surface area contributed by atoms with Crippen molar-refractivity contribution in [2.24, 2.45) is 0 Å². The zero-order chi connectivity index (χ0) is 9.42. The summed E-state index contributed by atoms with van der Waals surface area (Å²) in [5.74, 6) is 0.573. The maximum atomic E-state index is 5.86. The van der Waals surface area contributed by atoms with Crippen LogP contribution in [0.15, 0.2) is 16.7 Å². The number of hydrogen-bond donors (Lipinski definition) is 1. The average molecular weight is 262 g/mol. The lowest BCUT2D eigenvalue weighted by Crippen LogP contribution is -1.87. The molecule has 3 nitrogen and oxygen atoms in total. The van der Waals surface area contributed by atoms with E-state index in [1.807, 2.05) is 12.3 Å². The Hall–Kier alpha value is -0.740. The van der Waals surface area contributed by atoms with Crippen LogP contribution in [0.1, 0.15) is 0 Å². The van der Waals surface area contributed by atoms with Crippen molar-refractivity contribution >= 4 is 38.6 Å². The lowest BCUT2D eigenvalue weighted by Gasteiger charge is -2.01. The number of hydrogen-bond acceptors (Lipinski definition) is 2. The molecule has 0 aromatic carbocycles. The third-order valence-corrected chi connectivity index (χ3v) is 2.62. The van der Waals surface area contributed by atoms with Gasteiger partial charge < -0.3 is 9.72 Å². The van der Waals surface area contributed by atoms with Gasteiger partial charge in [0, 0.05) is 12.3 Å². The molecule has 13 heavy (non-hydrogen) atoms. The lowest BCUT2D eigenvalue weighted by molar-refractivity contribution is 0.414. The van der Waals surface area contributed by atoms with Crippen molar-refractivity contribution in [3.63, 3.8) is 0 Å². The number of nitrogens with one attached hydrogen (secondary N) is 1. The van der Waals surface area contributed by atoms with Gasteiger partial charge in [0.25, 0.3) is 0 Å². The zero-order valence-electron chi connectivity index (χ0n) is 6.77. The molecule has 0 aliphatic heterocycles. The van der Waals surface area contributed by atoms with E-state index >= 15 is 0 Å². The second-order valence-corrected chi connectivity index (χ2v) is 3.73. The minimum Gasteiger partial charge on any atom is -0.493 e. The van der Waals surface area contributed by atoms with Crippen molar-refractivity contribution in [3.8, 4) is 5.75 Å². The Balaban J connectivity index is 2.76. The predicted molar refractivity (Wildman–Crippen MR) is 55.4 cm³/mol. The van der Waals surface area contributed by atoms with Gasteiger partial charge in [-0.05, 0) is 15.9 Å². The molecule has 0 unspecified atom stereocenters. The monoisotopic (exact) mass is 260 g/mol. The van der Waals surface area contributed by atoms with E-state index in [2.05, 4.69) is 25.9 Å². The molecule has 0 atom stereocenters. The average Bonchev–Trinajstić information content (AvgIpc) is 2.47. The maximum absolute atomic E-state index is 5.86. The minimum absolute atomic E-state index is 0.371. The van der Waals surface area contributed by atoms with Crippen molar-refractivity contribution in [2.45, 2.75) is 0 Å². The van der Waals surface area contributed by atoms with Gasteiger partial charge in [-0.1, -0.05) is 11.6 Å². The van der Waals surface area contributed by atoms with E-state index in [1.165, 1.54) is 0 Å². The smallest absolute Gasteiger partial charge is 0.171 e. The predicted octanol–water partition coefficient (Wildman–Crippen LogP) is 2.99. The zero-order valence-corrected chi connectivity index (χ0v) is 9.11. The van der Waals surface area contributed by atoms with Gasteiger partial charge >= 0.3 is 0 Å². The Bertz CT molecular complexity index is 455. The summed E-state index contributed by atoms with van der Waals surface area (Å²) < 4.78 is 5.93. The first-order valence-corrected chi connectivity index (χ1v) is 4.76. The van der Waals surface area contributed by atoms with E-state index in [0.29, 0.717) is 10.9 Å². The van der Waals surface area contributed by atoms with Gasteiger partial charge in [0.2, 0.25) is 0 Å². The Kier molecular flexibility index (Phi) is 2.17. The van der Waals surface area contributed by atoms with Crippen molar-refractivity contribution in [2.75, 3.05) is 7.11 Å². The highest BCUT2D eigenvalue weighted by molar-refractivity contribution is 9.10. The van der Waals surface area contributed by atoms with Crippen LogP contribution in [0, 0.1) is 0 Å². The Labute approximate surface area is 88.2 Å². The first-order valence-electron chi connectivity index (χ1n) is 3.59. The summed E-state index contributed by atoms with van der Waals surface area (Å²) in [6.07, 6.45) is 1.81. The summed E-state index contributed by atoms with van der Waals surface area (Å²) >= 11 is 9.22. The van der Waals surface area contributed by atoms with E-state index in [0.717, 1.165) is 15.5 Å². The molecule has 0 spiro atoms. The number of rotatable bonds is 1. The Morgan fingerprint density at radius 3 is 3.08 bits per heavy atom. The van der Waals surface area contributed by atoms with Crippen molar-refractivity contribution in [3.05, 3.63) is 21.9 Å². The molecule has 2 aromatic rings. The number of methoxy groups -OCH3 is 1. The standard InChI is InChI=1S/C8H6BrClN2O/c1-13-6-2-5-7(12-8(6)10)4(9)3-11-5/h2-3,11H,1H3. The Morgan fingerprint density at radius 1 is 1.62 bits per heavy atom. The van der Waals surface area contributed by atoms with Crippen molar-refractivity contribution < 1.29 is 4.74 Å². The molecule has 0 amide bonds. The van der Waals surface area contributed by atoms with Gasteiger partial charge in [-0.3, -0.25) is 0 Å². The van der Waals surface area contributed by atoms with Gasteiger partial charge in [0.1, 0.15) is 5.52 Å². The third kappa shape index (κ3) is 1.40. The number of pyridine rings is 1. The lowest BCUT2D eigenvalue weighted by atomic mass is 10.4. The maximum Gasteiger partial charge on any atom is 0.171 e. The number of fused-ring (bicyclic) bond motifs is 1. The number of aromatic amines is 1. The molecule has 2 heterocycles. The molecule has 2 aromatic heterocycles. The van der Waals surface area contributed by atoms with E-state index < -0.39 is 0 Å². The second-order valence-electron chi connectivity index (χ2n) is 2.51. The summed E-state index contributed by atoms with van der Waals surface area (Å²) in [6, 6.07) is 1.81. The fourth-order valence-electron chi connectivity index (χ4n) is 1.12.